The van der Waals surface area contributed by atoms with Crippen LogP contribution in [-0.2, 0) is 13.8 Å². The van der Waals surface area contributed by atoms with Gasteiger partial charge in [-0.25, -0.2) is 12.8 Å². The molecule has 0 aliphatic heterocycles. The van der Waals surface area contributed by atoms with E-state index in [-0.39, 0.29) is 10.6 Å². The van der Waals surface area contributed by atoms with Gasteiger partial charge >= 0.3 is 0 Å². The lowest BCUT2D eigenvalue weighted by atomic mass is 10.3. The summed E-state index contributed by atoms with van der Waals surface area (Å²) in [5.41, 5.74) is 0. The molecule has 0 spiro atoms. The molecule has 1 rings (SSSR count). The lowest BCUT2D eigenvalue weighted by Crippen LogP contribution is -2.36. The summed E-state index contributed by atoms with van der Waals surface area (Å²) in [5.74, 6) is -1.52. The first kappa shape index (κ1) is 15.7. The molecule has 0 heterocycles. The number of rotatable bonds is 5. The molecule has 1 aromatic carbocycles. The van der Waals surface area contributed by atoms with Crippen molar-refractivity contribution in [1.29, 1.82) is 0 Å². The van der Waals surface area contributed by atoms with Crippen molar-refractivity contribution in [2.75, 3.05) is 6.54 Å². The van der Waals surface area contributed by atoms with Crippen LogP contribution in [0.4, 0.5) is 4.39 Å². The molecule has 0 bridgehead atoms. The molecule has 106 valence electrons. The molecule has 1 N–H and O–H groups in total. The van der Waals surface area contributed by atoms with Gasteiger partial charge in [0.2, 0.25) is 0 Å². The monoisotopic (exact) mass is 309 g/mol. The molecule has 0 aromatic heterocycles. The van der Waals surface area contributed by atoms with Gasteiger partial charge in [0.1, 0.15) is 0 Å². The third kappa shape index (κ3) is 4.36. The molecule has 8 heteroatoms. The lowest BCUT2D eigenvalue weighted by Gasteiger charge is -2.14. The van der Waals surface area contributed by atoms with Crippen LogP contribution in [0.1, 0.15) is 13.8 Å². The van der Waals surface area contributed by atoms with Crippen molar-refractivity contribution >= 4 is 25.6 Å². The fraction of sp³-hybridized carbons (Fsp3) is 0.364. The molecule has 0 fully saturated rings. The first-order valence-corrected chi connectivity index (χ1v) is 7.75. The van der Waals surface area contributed by atoms with Crippen molar-refractivity contribution in [1.82, 2.24) is 5.32 Å². The number of carbonyl (C=O) groups excluding carboxylic acids is 1. The van der Waals surface area contributed by atoms with Crippen LogP contribution in [0.2, 0.25) is 0 Å². The second-order valence-electron chi connectivity index (χ2n) is 3.68. The average Bonchev–Trinajstić information content (AvgIpc) is 2.30. The third-order valence-electron chi connectivity index (χ3n) is 2.21. The van der Waals surface area contributed by atoms with Crippen molar-refractivity contribution in [2.24, 2.45) is 0 Å². The first-order chi connectivity index (χ1) is 8.75. The standard InChI is InChI=1S/C11H13ClFNO4S/c1-3-14-11(15)7(2)18-10-5-4-8(6-9(10)13)19(12,16)17/h4-7H,3H2,1-2H3,(H,14,15). The number of halogens is 2. The lowest BCUT2D eigenvalue weighted by molar-refractivity contribution is -0.127. The van der Waals surface area contributed by atoms with Crippen LogP contribution in [0.5, 0.6) is 5.75 Å². The summed E-state index contributed by atoms with van der Waals surface area (Å²) < 4.78 is 40.7. The quantitative estimate of drug-likeness (QED) is 0.840. The largest absolute Gasteiger partial charge is 0.478 e. The minimum absolute atomic E-state index is 0.220. The minimum atomic E-state index is -4.00. The zero-order valence-corrected chi connectivity index (χ0v) is 11.9. The predicted octanol–water partition coefficient (Wildman–Crippen LogP) is 1.66. The summed E-state index contributed by atoms with van der Waals surface area (Å²) in [6.07, 6.45) is -0.895. The van der Waals surface area contributed by atoms with Crippen molar-refractivity contribution in [2.45, 2.75) is 24.8 Å². The Morgan fingerprint density at radius 3 is 2.63 bits per heavy atom. The normalized spacial score (nSPS) is 12.8. The number of amides is 1. The van der Waals surface area contributed by atoms with E-state index in [4.69, 9.17) is 15.4 Å². The number of likely N-dealkylation sites (N-methyl/N-ethyl adjacent to an activating group) is 1. The van der Waals surface area contributed by atoms with Gasteiger partial charge in [-0.3, -0.25) is 4.79 Å². The molecular formula is C11H13ClFNO4S. The number of nitrogens with one attached hydrogen (secondary N) is 1. The van der Waals surface area contributed by atoms with E-state index in [1.807, 2.05) is 0 Å². The molecule has 5 nitrogen and oxygen atoms in total. The number of hydrogen-bond acceptors (Lipinski definition) is 4. The summed E-state index contributed by atoms with van der Waals surface area (Å²) >= 11 is 0. The SMILES string of the molecule is CCNC(=O)C(C)Oc1ccc(S(=O)(=O)Cl)cc1F. The summed E-state index contributed by atoms with van der Waals surface area (Å²) in [5, 5.41) is 2.52. The first-order valence-electron chi connectivity index (χ1n) is 5.44. The second-order valence-corrected chi connectivity index (χ2v) is 6.25. The van der Waals surface area contributed by atoms with Crippen LogP contribution >= 0.6 is 10.7 Å². The Balaban J connectivity index is 2.89. The Bertz CT molecular complexity index is 576. The van der Waals surface area contributed by atoms with Crippen molar-refractivity contribution in [3.8, 4) is 5.75 Å². The second kappa shape index (κ2) is 6.21. The van der Waals surface area contributed by atoms with E-state index >= 15 is 0 Å². The van der Waals surface area contributed by atoms with Gasteiger partial charge in [-0.2, -0.15) is 0 Å². The van der Waals surface area contributed by atoms with Gasteiger partial charge in [0.25, 0.3) is 15.0 Å². The van der Waals surface area contributed by atoms with E-state index in [0.29, 0.717) is 6.54 Å². The summed E-state index contributed by atoms with van der Waals surface area (Å²) in [6, 6.07) is 2.95. The molecule has 0 radical (unpaired) electrons. The molecule has 0 saturated carbocycles. The van der Waals surface area contributed by atoms with E-state index in [0.717, 1.165) is 18.2 Å². The highest BCUT2D eigenvalue weighted by Gasteiger charge is 2.18. The average molecular weight is 310 g/mol. The maximum atomic E-state index is 13.6. The molecule has 1 atom stereocenters. The fourth-order valence-electron chi connectivity index (χ4n) is 1.29. The van der Waals surface area contributed by atoms with E-state index in [9.17, 15) is 17.6 Å². The van der Waals surface area contributed by atoms with Crippen LogP contribution in [0.3, 0.4) is 0 Å². The zero-order valence-electron chi connectivity index (χ0n) is 10.3. The summed E-state index contributed by atoms with van der Waals surface area (Å²) in [7, 11) is 1.08. The molecule has 0 aliphatic carbocycles. The van der Waals surface area contributed by atoms with Gasteiger partial charge in [0.15, 0.2) is 17.7 Å². The predicted molar refractivity (Wildman–Crippen MR) is 68.2 cm³/mol. The third-order valence-corrected chi connectivity index (χ3v) is 3.56. The molecule has 1 amide bonds. The van der Waals surface area contributed by atoms with Gasteiger partial charge in [0, 0.05) is 17.2 Å². The molecule has 1 aromatic rings. The highest BCUT2D eigenvalue weighted by molar-refractivity contribution is 8.13. The molecule has 19 heavy (non-hydrogen) atoms. The van der Waals surface area contributed by atoms with Crippen molar-refractivity contribution in [3.05, 3.63) is 24.0 Å². The number of hydrogen-bond donors (Lipinski definition) is 1. The topological polar surface area (TPSA) is 72.5 Å². The Hall–Kier alpha value is -1.34. The number of benzene rings is 1. The minimum Gasteiger partial charge on any atom is -0.478 e. The maximum absolute atomic E-state index is 13.6. The van der Waals surface area contributed by atoms with E-state index in [1.54, 1.807) is 6.92 Å². The fourth-order valence-corrected chi connectivity index (χ4v) is 2.05. The van der Waals surface area contributed by atoms with Gasteiger partial charge in [-0.05, 0) is 32.0 Å². The molecule has 0 saturated heterocycles. The Labute approximate surface area is 115 Å². The van der Waals surface area contributed by atoms with E-state index < -0.39 is 26.9 Å². The van der Waals surface area contributed by atoms with Crippen LogP contribution in [0.25, 0.3) is 0 Å². The van der Waals surface area contributed by atoms with Crippen LogP contribution < -0.4 is 10.1 Å². The van der Waals surface area contributed by atoms with E-state index in [1.165, 1.54) is 6.92 Å². The highest BCUT2D eigenvalue weighted by atomic mass is 35.7. The number of ether oxygens (including phenoxy) is 1. The Morgan fingerprint density at radius 1 is 1.53 bits per heavy atom. The highest BCUT2D eigenvalue weighted by Crippen LogP contribution is 2.24. The zero-order chi connectivity index (χ0) is 14.6. The maximum Gasteiger partial charge on any atom is 0.261 e. The Kier molecular flexibility index (Phi) is 5.13. The molecule has 1 unspecified atom stereocenters. The van der Waals surface area contributed by atoms with Gasteiger partial charge in [-0.1, -0.05) is 0 Å². The van der Waals surface area contributed by atoms with Gasteiger partial charge < -0.3 is 10.1 Å². The Morgan fingerprint density at radius 2 is 2.16 bits per heavy atom. The van der Waals surface area contributed by atoms with Crippen molar-refractivity contribution < 1.29 is 22.3 Å². The van der Waals surface area contributed by atoms with Gasteiger partial charge in [0.05, 0.1) is 4.90 Å². The summed E-state index contributed by atoms with van der Waals surface area (Å²) in [6.45, 7) is 3.63. The smallest absolute Gasteiger partial charge is 0.261 e. The summed E-state index contributed by atoms with van der Waals surface area (Å²) in [4.78, 5) is 11.0. The number of carbonyl (C=O) groups is 1. The van der Waals surface area contributed by atoms with Crippen LogP contribution in [0.15, 0.2) is 23.1 Å². The molecule has 0 aliphatic rings. The van der Waals surface area contributed by atoms with Crippen LogP contribution in [0, 0.1) is 5.82 Å². The molecular weight excluding hydrogens is 297 g/mol. The van der Waals surface area contributed by atoms with E-state index in [2.05, 4.69) is 5.32 Å². The van der Waals surface area contributed by atoms with Crippen LogP contribution in [-0.4, -0.2) is 27.0 Å². The van der Waals surface area contributed by atoms with Crippen molar-refractivity contribution in [3.63, 3.8) is 0 Å². The van der Waals surface area contributed by atoms with Gasteiger partial charge in [-0.15, -0.1) is 0 Å².